The van der Waals surface area contributed by atoms with E-state index in [9.17, 15) is 19.2 Å². The van der Waals surface area contributed by atoms with Gasteiger partial charge in [0.05, 0.1) is 12.4 Å². The molecular weight excluding hydrogens is 280 g/mol. The van der Waals surface area contributed by atoms with Crippen molar-refractivity contribution in [3.8, 4) is 0 Å². The molecule has 0 rings (SSSR count). The lowest BCUT2D eigenvalue weighted by Crippen LogP contribution is -2.26. The van der Waals surface area contributed by atoms with Crippen LogP contribution in [0, 0.1) is 0 Å². The average molecular weight is 294 g/mol. The van der Waals surface area contributed by atoms with E-state index in [1.807, 2.05) is 0 Å². The summed E-state index contributed by atoms with van der Waals surface area (Å²) in [7, 11) is 1.15. The maximum absolute atomic E-state index is 11.5. The third-order valence-electron chi connectivity index (χ3n) is 2.04. The van der Waals surface area contributed by atoms with Crippen molar-refractivity contribution in [2.24, 2.45) is 0 Å². The number of thiol groups is 2. The zero-order chi connectivity index (χ0) is 14.3. The van der Waals surface area contributed by atoms with E-state index in [-0.39, 0.29) is 12.8 Å². The van der Waals surface area contributed by atoms with Gasteiger partial charge in [0.25, 0.3) is 0 Å². The fraction of sp³-hybridized carbons (Fsp3) is 0.600. The maximum atomic E-state index is 11.5. The van der Waals surface area contributed by atoms with Gasteiger partial charge in [-0.3, -0.25) is 19.2 Å². The first kappa shape index (κ1) is 17.0. The molecule has 8 heteroatoms. The summed E-state index contributed by atoms with van der Waals surface area (Å²) < 4.78 is 4.30. The van der Waals surface area contributed by atoms with Crippen molar-refractivity contribution in [1.29, 1.82) is 0 Å². The fourth-order valence-electron chi connectivity index (χ4n) is 1.05. The molecule has 18 heavy (non-hydrogen) atoms. The highest BCUT2D eigenvalue weighted by atomic mass is 32.1. The lowest BCUT2D eigenvalue weighted by Gasteiger charge is -2.10. The van der Waals surface area contributed by atoms with Gasteiger partial charge in [0, 0.05) is 12.8 Å². The summed E-state index contributed by atoms with van der Waals surface area (Å²) in [6.07, 6.45) is -0.987. The molecule has 0 aromatic heterocycles. The Morgan fingerprint density at radius 2 is 1.67 bits per heavy atom. The summed E-state index contributed by atoms with van der Waals surface area (Å²) in [4.78, 5) is 44.1. The molecule has 2 unspecified atom stereocenters. The highest BCUT2D eigenvalue weighted by Crippen LogP contribution is 2.12. The van der Waals surface area contributed by atoms with Gasteiger partial charge in [-0.05, 0) is 0 Å². The number of methoxy groups -OCH3 is 1. The molecule has 0 saturated carbocycles. The van der Waals surface area contributed by atoms with Gasteiger partial charge in [-0.15, -0.1) is 0 Å². The quantitative estimate of drug-likeness (QED) is 0.335. The highest BCUT2D eigenvalue weighted by molar-refractivity contribution is 7.82. The van der Waals surface area contributed by atoms with Crippen LogP contribution in [-0.2, 0) is 23.9 Å². The Hall–Kier alpha value is -1.02. The predicted octanol–water partition coefficient (Wildman–Crippen LogP) is 0.149. The lowest BCUT2D eigenvalue weighted by atomic mass is 10.1. The molecule has 0 spiro atoms. The number of rotatable bonds is 8. The van der Waals surface area contributed by atoms with Crippen LogP contribution < -0.4 is 0 Å². The number of hydrogen-bond acceptors (Lipinski definition) is 7. The summed E-state index contributed by atoms with van der Waals surface area (Å²) >= 11 is 7.62. The topological polar surface area (TPSA) is 97.7 Å². The van der Waals surface area contributed by atoms with E-state index in [4.69, 9.17) is 5.11 Å². The summed E-state index contributed by atoms with van der Waals surface area (Å²) in [6.45, 7) is 0. The second-order valence-electron chi connectivity index (χ2n) is 3.54. The second-order valence-corrected chi connectivity index (χ2v) is 4.78. The molecule has 102 valence electrons. The van der Waals surface area contributed by atoms with Gasteiger partial charge in [-0.2, -0.15) is 25.3 Å². The number of carbonyl (C=O) groups excluding carboxylic acids is 3. The van der Waals surface area contributed by atoms with Crippen LogP contribution in [-0.4, -0.2) is 46.2 Å². The molecule has 0 aromatic carbocycles. The normalized spacial score (nSPS) is 13.5. The Kier molecular flexibility index (Phi) is 7.69. The molecule has 1 N–H and O–H groups in total. The molecule has 0 aliphatic rings. The molecule has 0 amide bonds. The minimum Gasteiger partial charge on any atom is -0.480 e. The number of ketones is 2. The molecule has 0 aliphatic heterocycles. The molecule has 0 aliphatic carbocycles. The van der Waals surface area contributed by atoms with Crippen molar-refractivity contribution >= 4 is 48.8 Å². The van der Waals surface area contributed by atoms with E-state index in [1.165, 1.54) is 0 Å². The van der Waals surface area contributed by atoms with Gasteiger partial charge in [0.2, 0.25) is 0 Å². The molecule has 2 atom stereocenters. The van der Waals surface area contributed by atoms with Gasteiger partial charge in [0.15, 0.2) is 0 Å². The van der Waals surface area contributed by atoms with Gasteiger partial charge in [-0.1, -0.05) is 0 Å². The minimum absolute atomic E-state index is 0.239. The molecule has 0 fully saturated rings. The van der Waals surface area contributed by atoms with Gasteiger partial charge in [0.1, 0.15) is 23.2 Å². The maximum Gasteiger partial charge on any atom is 0.316 e. The Labute approximate surface area is 115 Å². The summed E-state index contributed by atoms with van der Waals surface area (Å²) in [5.74, 6) is -2.89. The van der Waals surface area contributed by atoms with E-state index < -0.39 is 40.4 Å². The molecular formula is C10H14O6S2. The minimum atomic E-state index is -1.21. The van der Waals surface area contributed by atoms with Crippen LogP contribution in [0.25, 0.3) is 0 Å². The summed E-state index contributed by atoms with van der Waals surface area (Å²) in [6, 6.07) is 0. The van der Waals surface area contributed by atoms with E-state index >= 15 is 0 Å². The van der Waals surface area contributed by atoms with Gasteiger partial charge in [-0.25, -0.2) is 0 Å². The van der Waals surface area contributed by atoms with E-state index in [2.05, 4.69) is 30.0 Å². The number of carboxylic acid groups (broad SMARTS) is 1. The van der Waals surface area contributed by atoms with E-state index in [1.54, 1.807) is 0 Å². The second kappa shape index (κ2) is 8.15. The first-order valence-electron chi connectivity index (χ1n) is 4.98. The number of hydrogen-bond donors (Lipinski definition) is 3. The van der Waals surface area contributed by atoms with Crippen LogP contribution >= 0.6 is 25.3 Å². The van der Waals surface area contributed by atoms with Crippen LogP contribution in [0.1, 0.15) is 19.3 Å². The van der Waals surface area contributed by atoms with Crippen molar-refractivity contribution in [2.75, 3.05) is 7.11 Å². The third-order valence-corrected chi connectivity index (χ3v) is 2.92. The first-order valence-corrected chi connectivity index (χ1v) is 6.01. The highest BCUT2D eigenvalue weighted by Gasteiger charge is 2.24. The molecule has 0 bridgehead atoms. The third kappa shape index (κ3) is 6.65. The number of carboxylic acids is 1. The van der Waals surface area contributed by atoms with Crippen LogP contribution in [0.2, 0.25) is 0 Å². The Morgan fingerprint density at radius 1 is 1.11 bits per heavy atom. The first-order chi connectivity index (χ1) is 8.27. The van der Waals surface area contributed by atoms with Crippen LogP contribution in [0.4, 0.5) is 0 Å². The standard InChI is InChI=1S/C10H14O6S2/c1-16-9(13)3-5(11)2-7(17)6(12)4-8(18)10(14)15/h7-8,17-18H,2-4H2,1H3,(H,14,15). The van der Waals surface area contributed by atoms with Crippen molar-refractivity contribution in [1.82, 2.24) is 0 Å². The van der Waals surface area contributed by atoms with Crippen molar-refractivity contribution in [3.63, 3.8) is 0 Å². The van der Waals surface area contributed by atoms with Crippen LogP contribution in [0.15, 0.2) is 0 Å². The Morgan fingerprint density at radius 3 is 2.11 bits per heavy atom. The lowest BCUT2D eigenvalue weighted by molar-refractivity contribution is -0.143. The number of Topliss-reactive ketones (excluding diaryl/α,β-unsaturated/α-hetero) is 2. The number of aliphatic carboxylic acids is 1. The molecule has 0 heterocycles. The fourth-order valence-corrected chi connectivity index (χ4v) is 1.54. The predicted molar refractivity (Wildman–Crippen MR) is 69.1 cm³/mol. The number of carbonyl (C=O) groups is 4. The summed E-state index contributed by atoms with van der Waals surface area (Å²) in [5.41, 5.74) is 0. The number of ether oxygens (including phenoxy) is 1. The van der Waals surface area contributed by atoms with E-state index in [0.29, 0.717) is 0 Å². The van der Waals surface area contributed by atoms with E-state index in [0.717, 1.165) is 7.11 Å². The summed E-state index contributed by atoms with van der Waals surface area (Å²) in [5, 5.41) is 6.51. The van der Waals surface area contributed by atoms with Crippen molar-refractivity contribution < 1.29 is 29.0 Å². The van der Waals surface area contributed by atoms with Crippen LogP contribution in [0.3, 0.4) is 0 Å². The molecule has 0 radical (unpaired) electrons. The van der Waals surface area contributed by atoms with Gasteiger partial charge < -0.3 is 9.84 Å². The zero-order valence-electron chi connectivity index (χ0n) is 9.66. The number of esters is 1. The van der Waals surface area contributed by atoms with Gasteiger partial charge >= 0.3 is 11.9 Å². The van der Waals surface area contributed by atoms with Crippen molar-refractivity contribution in [2.45, 2.75) is 29.8 Å². The van der Waals surface area contributed by atoms with Crippen molar-refractivity contribution in [3.05, 3.63) is 0 Å². The zero-order valence-corrected chi connectivity index (χ0v) is 11.4. The molecule has 0 aromatic rings. The average Bonchev–Trinajstić information content (AvgIpc) is 2.27. The molecule has 6 nitrogen and oxygen atoms in total. The Bertz CT molecular complexity index is 354. The van der Waals surface area contributed by atoms with Crippen LogP contribution in [0.5, 0.6) is 0 Å². The largest absolute Gasteiger partial charge is 0.480 e. The Balaban J connectivity index is 4.19. The SMILES string of the molecule is COC(=O)CC(=O)CC(S)C(=O)CC(S)C(=O)O. The smallest absolute Gasteiger partial charge is 0.316 e. The molecule has 0 saturated heterocycles. The monoisotopic (exact) mass is 294 g/mol.